The molecule has 194 valence electrons. The van der Waals surface area contributed by atoms with Gasteiger partial charge in [-0.2, -0.15) is 0 Å². The van der Waals surface area contributed by atoms with E-state index < -0.39 is 0 Å². The minimum absolute atomic E-state index is 0.0593. The summed E-state index contributed by atoms with van der Waals surface area (Å²) in [5.41, 5.74) is 8.57. The molecular weight excluding hydrogens is 452 g/mol. The van der Waals surface area contributed by atoms with Crippen molar-refractivity contribution in [3.63, 3.8) is 0 Å². The van der Waals surface area contributed by atoms with Gasteiger partial charge in [0.1, 0.15) is 0 Å². The number of hydrogen-bond donors (Lipinski definition) is 1. The van der Waals surface area contributed by atoms with Gasteiger partial charge in [0, 0.05) is 24.7 Å². The Balaban J connectivity index is 1.50. The van der Waals surface area contributed by atoms with Crippen molar-refractivity contribution in [3.05, 3.63) is 57.7 Å². The average Bonchev–Trinajstić information content (AvgIpc) is 2.91. The summed E-state index contributed by atoms with van der Waals surface area (Å²) in [4.78, 5) is 2.68. The first-order valence-corrected chi connectivity index (χ1v) is 13.1. The summed E-state index contributed by atoms with van der Waals surface area (Å²) in [6, 6.07) is 9.03. The smallest absolute Gasteiger partial charge is 0.161 e. The summed E-state index contributed by atoms with van der Waals surface area (Å²) < 4.78 is 22.6. The quantitative estimate of drug-likeness (QED) is 0.538. The van der Waals surface area contributed by atoms with Crippen molar-refractivity contribution in [1.29, 1.82) is 0 Å². The molecule has 0 bridgehead atoms. The maximum absolute atomic E-state index is 5.71. The molecule has 0 amide bonds. The minimum Gasteiger partial charge on any atom is -0.493 e. The topological polar surface area (TPSA) is 52.2 Å². The molecule has 0 saturated carbocycles. The summed E-state index contributed by atoms with van der Waals surface area (Å²) in [7, 11) is 6.87. The molecule has 2 atom stereocenters. The maximum Gasteiger partial charge on any atom is 0.161 e. The maximum atomic E-state index is 5.71. The van der Waals surface area contributed by atoms with Gasteiger partial charge >= 0.3 is 0 Å². The van der Waals surface area contributed by atoms with E-state index in [2.05, 4.69) is 48.3 Å². The van der Waals surface area contributed by atoms with Crippen LogP contribution in [0.25, 0.3) is 0 Å². The largest absolute Gasteiger partial charge is 0.493 e. The van der Waals surface area contributed by atoms with Gasteiger partial charge in [-0.15, -0.1) is 0 Å². The normalized spacial score (nSPS) is 23.4. The predicted octanol–water partition coefficient (Wildman–Crippen LogP) is 5.18. The van der Waals surface area contributed by atoms with Crippen LogP contribution in [-0.2, 0) is 18.4 Å². The van der Waals surface area contributed by atoms with Crippen molar-refractivity contribution in [3.8, 4) is 23.0 Å². The molecule has 3 heterocycles. The second-order valence-corrected chi connectivity index (χ2v) is 10.4. The second-order valence-electron chi connectivity index (χ2n) is 10.4. The van der Waals surface area contributed by atoms with E-state index in [1.807, 2.05) is 0 Å². The Bertz CT molecular complexity index is 1170. The summed E-state index contributed by atoms with van der Waals surface area (Å²) in [5.74, 6) is 3.25. The van der Waals surface area contributed by atoms with Gasteiger partial charge in [-0.05, 0) is 92.1 Å². The molecule has 3 aliphatic rings. The first-order chi connectivity index (χ1) is 17.4. The van der Waals surface area contributed by atoms with E-state index in [1.165, 1.54) is 22.3 Å². The number of nitrogens with zero attached hydrogens (tertiary/aromatic N) is 1. The third kappa shape index (κ3) is 4.14. The van der Waals surface area contributed by atoms with Crippen molar-refractivity contribution < 1.29 is 18.9 Å². The molecule has 3 aliphatic heterocycles. The molecule has 1 N–H and O–H groups in total. The molecule has 0 fully saturated rings. The zero-order chi connectivity index (χ0) is 25.4. The molecule has 2 aromatic carbocycles. The van der Waals surface area contributed by atoms with Crippen LogP contribution in [0.15, 0.2) is 35.4 Å². The van der Waals surface area contributed by atoms with Crippen LogP contribution in [0.5, 0.6) is 23.0 Å². The molecule has 0 spiro atoms. The van der Waals surface area contributed by atoms with Gasteiger partial charge in [0.25, 0.3) is 0 Å². The molecule has 0 radical (unpaired) electrons. The lowest BCUT2D eigenvalue weighted by Gasteiger charge is -2.51. The van der Waals surface area contributed by atoms with Gasteiger partial charge in [0.2, 0.25) is 0 Å². The van der Waals surface area contributed by atoms with Gasteiger partial charge in [-0.25, -0.2) is 0 Å². The molecule has 0 aromatic heterocycles. The molecule has 6 heteroatoms. The Kier molecular flexibility index (Phi) is 6.92. The molecule has 2 aromatic rings. The number of nitrogens with one attached hydrogen (secondary N) is 1. The fraction of sp³-hybridized carbons (Fsp3) is 0.533. The van der Waals surface area contributed by atoms with E-state index >= 15 is 0 Å². The molecule has 5 rings (SSSR count). The summed E-state index contributed by atoms with van der Waals surface area (Å²) in [5, 5.41) is 3.81. The Morgan fingerprint density at radius 2 is 1.50 bits per heavy atom. The van der Waals surface area contributed by atoms with Crippen molar-refractivity contribution in [2.45, 2.75) is 57.5 Å². The van der Waals surface area contributed by atoms with Crippen LogP contribution < -0.4 is 24.3 Å². The number of benzene rings is 2. The first kappa shape index (κ1) is 25.0. The first-order valence-electron chi connectivity index (χ1n) is 13.1. The van der Waals surface area contributed by atoms with Crippen molar-refractivity contribution in [1.82, 2.24) is 10.2 Å². The van der Waals surface area contributed by atoms with Crippen LogP contribution in [0.1, 0.15) is 61.4 Å². The summed E-state index contributed by atoms with van der Waals surface area (Å²) >= 11 is 0. The lowest BCUT2D eigenvalue weighted by Crippen LogP contribution is -2.52. The highest BCUT2D eigenvalue weighted by Gasteiger charge is 2.43. The van der Waals surface area contributed by atoms with Crippen LogP contribution in [0, 0.1) is 0 Å². The molecule has 0 saturated heterocycles. The van der Waals surface area contributed by atoms with Crippen molar-refractivity contribution in [2.75, 3.05) is 48.1 Å². The summed E-state index contributed by atoms with van der Waals surface area (Å²) in [6.45, 7) is 7.80. The fourth-order valence-electron chi connectivity index (χ4n) is 6.62. The molecule has 0 aliphatic carbocycles. The van der Waals surface area contributed by atoms with Gasteiger partial charge in [0.15, 0.2) is 23.0 Å². The molecular formula is C30H40N2O4. The zero-order valence-corrected chi connectivity index (χ0v) is 22.6. The van der Waals surface area contributed by atoms with Gasteiger partial charge in [0.05, 0.1) is 28.4 Å². The Labute approximate surface area is 215 Å². The Morgan fingerprint density at radius 1 is 0.861 bits per heavy atom. The van der Waals surface area contributed by atoms with E-state index in [0.29, 0.717) is 0 Å². The van der Waals surface area contributed by atoms with E-state index in [9.17, 15) is 0 Å². The number of methoxy groups -OCH3 is 4. The zero-order valence-electron chi connectivity index (χ0n) is 22.6. The average molecular weight is 493 g/mol. The highest BCUT2D eigenvalue weighted by Crippen LogP contribution is 2.49. The number of hydrogen-bond acceptors (Lipinski definition) is 6. The number of ether oxygens (including phenoxy) is 4. The lowest BCUT2D eigenvalue weighted by atomic mass is 9.72. The third-order valence-corrected chi connectivity index (χ3v) is 8.66. The summed E-state index contributed by atoms with van der Waals surface area (Å²) in [6.07, 6.45) is 5.17. The minimum atomic E-state index is -0.0593. The van der Waals surface area contributed by atoms with Gasteiger partial charge in [-0.3, -0.25) is 4.90 Å². The highest BCUT2D eigenvalue weighted by molar-refractivity contribution is 5.53. The van der Waals surface area contributed by atoms with E-state index in [0.717, 1.165) is 74.7 Å². The predicted molar refractivity (Wildman–Crippen MR) is 143 cm³/mol. The second kappa shape index (κ2) is 9.98. The Hall–Kier alpha value is -2.70. The standard InChI is InChI=1S/C30H40N2O4/c1-7-19-18-32-11-9-21-14-27(34-4)29(36-6)16-24(21)30(32,2)17-22(19)12-25-23-15-28(35-5)26(33-3)13-20(23)8-10-31-25/h13-16,25,31H,7-12,17-18H2,1-6H3/t25-,30+/m1/s1. The highest BCUT2D eigenvalue weighted by atomic mass is 16.5. The Morgan fingerprint density at radius 3 is 2.17 bits per heavy atom. The van der Waals surface area contributed by atoms with Crippen molar-refractivity contribution in [2.24, 2.45) is 0 Å². The number of rotatable bonds is 7. The van der Waals surface area contributed by atoms with Crippen LogP contribution in [0.4, 0.5) is 0 Å². The van der Waals surface area contributed by atoms with Crippen LogP contribution in [0.2, 0.25) is 0 Å². The fourth-order valence-corrected chi connectivity index (χ4v) is 6.62. The molecule has 36 heavy (non-hydrogen) atoms. The number of fused-ring (bicyclic) bond motifs is 4. The van der Waals surface area contributed by atoms with E-state index in [1.54, 1.807) is 39.6 Å². The van der Waals surface area contributed by atoms with Gasteiger partial charge < -0.3 is 24.3 Å². The van der Waals surface area contributed by atoms with Crippen LogP contribution >= 0.6 is 0 Å². The SMILES string of the molecule is CCC1=C(C[C@H]2NCCc3cc(OC)c(OC)cc32)C[C@@]2(C)c3cc(OC)c(OC)cc3CCN2C1. The van der Waals surface area contributed by atoms with Crippen LogP contribution in [0.3, 0.4) is 0 Å². The van der Waals surface area contributed by atoms with Gasteiger partial charge in [-0.1, -0.05) is 18.1 Å². The monoisotopic (exact) mass is 492 g/mol. The van der Waals surface area contributed by atoms with Crippen LogP contribution in [-0.4, -0.2) is 53.0 Å². The van der Waals surface area contributed by atoms with E-state index in [4.69, 9.17) is 18.9 Å². The van der Waals surface area contributed by atoms with Crippen molar-refractivity contribution >= 4 is 0 Å². The lowest BCUT2D eigenvalue weighted by molar-refractivity contribution is 0.0858. The third-order valence-electron chi connectivity index (χ3n) is 8.66. The van der Waals surface area contributed by atoms with E-state index in [-0.39, 0.29) is 11.6 Å². The molecule has 6 nitrogen and oxygen atoms in total. The molecule has 0 unspecified atom stereocenters.